The van der Waals surface area contributed by atoms with Gasteiger partial charge in [0.2, 0.25) is 11.8 Å². The molecule has 8 nitrogen and oxygen atoms in total. The molecule has 3 N–H and O–H groups in total. The van der Waals surface area contributed by atoms with Gasteiger partial charge in [-0.15, -0.1) is 0 Å². The molecule has 0 spiro atoms. The summed E-state index contributed by atoms with van der Waals surface area (Å²) in [6.45, 7) is 5.72. The Labute approximate surface area is 188 Å². The first-order valence-corrected chi connectivity index (χ1v) is 10.4. The van der Waals surface area contributed by atoms with Crippen LogP contribution >= 0.6 is 0 Å². The second-order valence-corrected chi connectivity index (χ2v) is 8.15. The number of hydrogen-bond donors (Lipinski definition) is 3. The molecule has 2 aromatic rings. The Morgan fingerprint density at radius 1 is 0.875 bits per heavy atom. The Balaban J connectivity index is 1.84. The van der Waals surface area contributed by atoms with E-state index in [-0.39, 0.29) is 37.7 Å². The van der Waals surface area contributed by atoms with Gasteiger partial charge in [-0.05, 0) is 38.5 Å². The average Bonchev–Trinajstić information content (AvgIpc) is 2.72. The summed E-state index contributed by atoms with van der Waals surface area (Å²) in [7, 11) is 1.57. The zero-order chi connectivity index (χ0) is 23.6. The van der Waals surface area contributed by atoms with Crippen molar-refractivity contribution in [1.29, 1.82) is 0 Å². The van der Waals surface area contributed by atoms with Crippen molar-refractivity contribution in [2.75, 3.05) is 19.0 Å². The summed E-state index contributed by atoms with van der Waals surface area (Å²) in [5.74, 6) is 0.251. The van der Waals surface area contributed by atoms with E-state index in [1.807, 2.05) is 36.4 Å². The monoisotopic (exact) mass is 441 g/mol. The van der Waals surface area contributed by atoms with Crippen molar-refractivity contribution in [1.82, 2.24) is 10.6 Å². The average molecular weight is 442 g/mol. The number of para-hydroxylation sites is 2. The summed E-state index contributed by atoms with van der Waals surface area (Å²) in [4.78, 5) is 36.3. The van der Waals surface area contributed by atoms with Crippen LogP contribution in [0.2, 0.25) is 0 Å². The van der Waals surface area contributed by atoms with Gasteiger partial charge in [0.15, 0.2) is 0 Å². The van der Waals surface area contributed by atoms with Gasteiger partial charge >= 0.3 is 6.09 Å². The number of carbonyl (C=O) groups is 3. The van der Waals surface area contributed by atoms with Crippen LogP contribution in [0.5, 0.6) is 5.75 Å². The first-order chi connectivity index (χ1) is 15.2. The summed E-state index contributed by atoms with van der Waals surface area (Å²) >= 11 is 0. The third-order valence-corrected chi connectivity index (χ3v) is 4.33. The summed E-state index contributed by atoms with van der Waals surface area (Å²) < 4.78 is 10.4. The number of hydrogen-bond acceptors (Lipinski definition) is 5. The van der Waals surface area contributed by atoms with Gasteiger partial charge in [0, 0.05) is 30.8 Å². The van der Waals surface area contributed by atoms with Crippen LogP contribution < -0.4 is 20.7 Å². The number of methoxy groups -OCH3 is 1. The SMILES string of the molecule is COc1ccccc1CC(=O)NCc1ccccc1NC(=O)CCNC(=O)OC(C)(C)C. The molecular formula is C24H31N3O5. The van der Waals surface area contributed by atoms with Gasteiger partial charge in [0.1, 0.15) is 11.4 Å². The molecule has 2 rings (SSSR count). The second-order valence-electron chi connectivity index (χ2n) is 8.15. The van der Waals surface area contributed by atoms with E-state index in [0.29, 0.717) is 11.4 Å². The first-order valence-electron chi connectivity index (χ1n) is 10.4. The smallest absolute Gasteiger partial charge is 0.407 e. The van der Waals surface area contributed by atoms with Crippen molar-refractivity contribution in [3.05, 3.63) is 59.7 Å². The number of ether oxygens (including phenoxy) is 2. The Morgan fingerprint density at radius 3 is 2.22 bits per heavy atom. The van der Waals surface area contributed by atoms with Crippen LogP contribution in [0.15, 0.2) is 48.5 Å². The molecule has 0 atom stereocenters. The molecule has 0 saturated heterocycles. The topological polar surface area (TPSA) is 106 Å². The van der Waals surface area contributed by atoms with Crippen LogP contribution in [0.1, 0.15) is 38.3 Å². The molecule has 2 aromatic carbocycles. The van der Waals surface area contributed by atoms with Crippen molar-refractivity contribution in [2.45, 2.75) is 45.8 Å². The van der Waals surface area contributed by atoms with Crippen LogP contribution in [0, 0.1) is 0 Å². The predicted molar refractivity (Wildman–Crippen MR) is 122 cm³/mol. The maximum Gasteiger partial charge on any atom is 0.407 e. The van der Waals surface area contributed by atoms with Crippen molar-refractivity contribution >= 4 is 23.6 Å². The lowest BCUT2D eigenvalue weighted by Crippen LogP contribution is -2.34. The number of alkyl carbamates (subject to hydrolysis) is 1. The zero-order valence-electron chi connectivity index (χ0n) is 19.0. The van der Waals surface area contributed by atoms with Gasteiger partial charge in [-0.1, -0.05) is 36.4 Å². The van der Waals surface area contributed by atoms with Crippen LogP contribution in [0.25, 0.3) is 0 Å². The third kappa shape index (κ3) is 8.67. The Bertz CT molecular complexity index is 937. The van der Waals surface area contributed by atoms with Gasteiger partial charge in [-0.2, -0.15) is 0 Å². The van der Waals surface area contributed by atoms with E-state index in [2.05, 4.69) is 16.0 Å². The Kier molecular flexibility index (Phi) is 9.07. The lowest BCUT2D eigenvalue weighted by molar-refractivity contribution is -0.120. The van der Waals surface area contributed by atoms with E-state index < -0.39 is 11.7 Å². The van der Waals surface area contributed by atoms with Crippen molar-refractivity contribution < 1.29 is 23.9 Å². The second kappa shape index (κ2) is 11.7. The van der Waals surface area contributed by atoms with E-state index >= 15 is 0 Å². The van der Waals surface area contributed by atoms with Crippen LogP contribution in [-0.4, -0.2) is 37.2 Å². The molecule has 3 amide bonds. The molecule has 8 heteroatoms. The lowest BCUT2D eigenvalue weighted by atomic mass is 10.1. The van der Waals surface area contributed by atoms with Gasteiger partial charge in [-0.3, -0.25) is 9.59 Å². The number of rotatable bonds is 9. The van der Waals surface area contributed by atoms with Crippen molar-refractivity contribution in [3.8, 4) is 5.75 Å². The summed E-state index contributed by atoms with van der Waals surface area (Å²) in [6, 6.07) is 14.6. The standard InChI is InChI=1S/C24H31N3O5/c1-24(2,3)32-23(30)25-14-13-21(28)27-19-11-7-5-10-18(19)16-26-22(29)15-17-9-6-8-12-20(17)31-4/h5-12H,13-16H2,1-4H3,(H,25,30)(H,26,29)(H,27,28). The molecule has 0 aliphatic heterocycles. The molecule has 172 valence electrons. The van der Waals surface area contributed by atoms with E-state index in [1.54, 1.807) is 40.0 Å². The fraction of sp³-hybridized carbons (Fsp3) is 0.375. The Hall–Kier alpha value is -3.55. The van der Waals surface area contributed by atoms with Gasteiger partial charge in [-0.25, -0.2) is 4.79 Å². The summed E-state index contributed by atoms with van der Waals surface area (Å²) in [6.07, 6.45) is -0.286. The number of carbonyl (C=O) groups excluding carboxylic acids is 3. The maximum atomic E-state index is 12.4. The normalized spacial score (nSPS) is 10.8. The van der Waals surface area contributed by atoms with E-state index in [9.17, 15) is 14.4 Å². The third-order valence-electron chi connectivity index (χ3n) is 4.33. The van der Waals surface area contributed by atoms with E-state index in [0.717, 1.165) is 11.1 Å². The molecule has 0 saturated carbocycles. The molecule has 0 unspecified atom stereocenters. The van der Waals surface area contributed by atoms with Gasteiger partial charge in [0.05, 0.1) is 13.5 Å². The van der Waals surface area contributed by atoms with Crippen molar-refractivity contribution in [2.24, 2.45) is 0 Å². The fourth-order valence-electron chi connectivity index (χ4n) is 2.88. The van der Waals surface area contributed by atoms with E-state index in [1.165, 1.54) is 0 Å². The Morgan fingerprint density at radius 2 is 1.53 bits per heavy atom. The predicted octanol–water partition coefficient (Wildman–Crippen LogP) is 3.41. The van der Waals surface area contributed by atoms with Crippen molar-refractivity contribution in [3.63, 3.8) is 0 Å². The molecule has 0 bridgehead atoms. The maximum absolute atomic E-state index is 12.4. The van der Waals surface area contributed by atoms with Gasteiger partial charge in [0.25, 0.3) is 0 Å². The highest BCUT2D eigenvalue weighted by molar-refractivity contribution is 5.92. The molecule has 0 aliphatic rings. The number of nitrogens with one attached hydrogen (secondary N) is 3. The fourth-order valence-corrected chi connectivity index (χ4v) is 2.88. The van der Waals surface area contributed by atoms with E-state index in [4.69, 9.17) is 9.47 Å². The molecule has 0 heterocycles. The molecule has 0 fully saturated rings. The lowest BCUT2D eigenvalue weighted by Gasteiger charge is -2.19. The molecule has 0 radical (unpaired) electrons. The zero-order valence-corrected chi connectivity index (χ0v) is 19.0. The minimum Gasteiger partial charge on any atom is -0.496 e. The highest BCUT2D eigenvalue weighted by atomic mass is 16.6. The quantitative estimate of drug-likeness (QED) is 0.553. The van der Waals surface area contributed by atoms with Crippen LogP contribution in [0.4, 0.5) is 10.5 Å². The summed E-state index contributed by atoms with van der Waals surface area (Å²) in [5, 5.41) is 8.25. The molecule has 0 aromatic heterocycles. The number of benzene rings is 2. The minimum absolute atomic E-state index is 0.0910. The summed E-state index contributed by atoms with van der Waals surface area (Å²) in [5.41, 5.74) is 1.58. The van der Waals surface area contributed by atoms with Gasteiger partial charge < -0.3 is 25.4 Å². The van der Waals surface area contributed by atoms with Crippen LogP contribution in [0.3, 0.4) is 0 Å². The number of amides is 3. The minimum atomic E-state index is -0.596. The first kappa shape index (κ1) is 24.7. The highest BCUT2D eigenvalue weighted by Crippen LogP contribution is 2.18. The number of anilines is 1. The molecule has 32 heavy (non-hydrogen) atoms. The van der Waals surface area contributed by atoms with Crippen LogP contribution in [-0.2, 0) is 27.3 Å². The largest absolute Gasteiger partial charge is 0.496 e. The highest BCUT2D eigenvalue weighted by Gasteiger charge is 2.16. The molecular weight excluding hydrogens is 410 g/mol. The molecule has 0 aliphatic carbocycles.